The Bertz CT molecular complexity index is 1730. The number of rotatable bonds is 8. The quantitative estimate of drug-likeness (QED) is 0.273. The van der Waals surface area contributed by atoms with Gasteiger partial charge in [0.25, 0.3) is 5.91 Å². The molecule has 14 heteroatoms. The molecule has 0 bridgehead atoms. The lowest BCUT2D eigenvalue weighted by atomic mass is 10.1. The summed E-state index contributed by atoms with van der Waals surface area (Å²) < 4.78 is 80.3. The van der Waals surface area contributed by atoms with E-state index in [4.69, 9.17) is 9.15 Å². The van der Waals surface area contributed by atoms with Gasteiger partial charge in [0.2, 0.25) is 10.0 Å². The van der Waals surface area contributed by atoms with Gasteiger partial charge in [0.15, 0.2) is 5.76 Å². The topological polar surface area (TPSA) is 114 Å². The van der Waals surface area contributed by atoms with E-state index in [2.05, 4.69) is 19.9 Å². The molecule has 2 aromatic carbocycles. The molecular formula is C31H31F3N4O6S. The van der Waals surface area contributed by atoms with Crippen LogP contribution in [0.15, 0.2) is 82.4 Å². The van der Waals surface area contributed by atoms with Gasteiger partial charge >= 0.3 is 6.36 Å². The molecule has 0 atom stereocenters. The molecule has 6 rings (SSSR count). The molecule has 2 aromatic heterocycles. The SMILES string of the molecule is O=C(NC1CCN(S(=O)(=O)c2cccnc2)CC1)c1cc2cc(OC3CCN(c4ccc(OC(F)(F)F)cc4)CC3)ccc2o1. The number of furan rings is 1. The number of anilines is 1. The van der Waals surface area contributed by atoms with Crippen molar-refractivity contribution in [2.45, 2.75) is 49.1 Å². The highest BCUT2D eigenvalue weighted by atomic mass is 32.2. The molecule has 2 aliphatic rings. The summed E-state index contributed by atoms with van der Waals surface area (Å²) >= 11 is 0. The van der Waals surface area contributed by atoms with Gasteiger partial charge in [-0.25, -0.2) is 8.42 Å². The molecule has 1 N–H and O–H groups in total. The fourth-order valence-electron chi connectivity index (χ4n) is 5.64. The summed E-state index contributed by atoms with van der Waals surface area (Å²) in [5.41, 5.74) is 1.35. The predicted octanol–water partition coefficient (Wildman–Crippen LogP) is 5.36. The number of hydrogen-bond donors (Lipinski definition) is 1. The van der Waals surface area contributed by atoms with Crippen LogP contribution in [0.25, 0.3) is 11.0 Å². The number of carbonyl (C=O) groups excluding carboxylic acids is 1. The zero-order valence-corrected chi connectivity index (χ0v) is 24.9. The zero-order valence-electron chi connectivity index (χ0n) is 24.1. The third kappa shape index (κ3) is 7.34. The molecule has 2 fully saturated rings. The Balaban J connectivity index is 0.995. The van der Waals surface area contributed by atoms with Crippen LogP contribution in [0.1, 0.15) is 36.2 Å². The van der Waals surface area contributed by atoms with Gasteiger partial charge in [-0.3, -0.25) is 9.78 Å². The minimum Gasteiger partial charge on any atom is -0.490 e. The number of alkyl halides is 3. The standard InChI is InChI=1S/C31H31F3N4O6S/c32-31(33,34)44-25-5-3-23(4-6-25)37-14-11-24(12-15-37)42-26-7-8-28-21(18-26)19-29(43-28)30(39)36-22-9-16-38(17-10-22)45(40,41)27-2-1-13-35-20-27/h1-8,13,18-20,22,24H,9-12,14-17H2,(H,36,39). The highest BCUT2D eigenvalue weighted by Gasteiger charge is 2.32. The summed E-state index contributed by atoms with van der Waals surface area (Å²) in [4.78, 5) is 19.1. The summed E-state index contributed by atoms with van der Waals surface area (Å²) in [6.07, 6.45) is 0.470. The van der Waals surface area contributed by atoms with Crippen LogP contribution < -0.4 is 19.7 Å². The molecule has 10 nitrogen and oxygen atoms in total. The molecule has 45 heavy (non-hydrogen) atoms. The molecule has 0 saturated carbocycles. The van der Waals surface area contributed by atoms with E-state index < -0.39 is 16.4 Å². The molecule has 0 unspecified atom stereocenters. The fourth-order valence-corrected chi connectivity index (χ4v) is 7.07. The van der Waals surface area contributed by atoms with Crippen LogP contribution in [0, 0.1) is 0 Å². The van der Waals surface area contributed by atoms with Crippen molar-refractivity contribution in [3.63, 3.8) is 0 Å². The summed E-state index contributed by atoms with van der Waals surface area (Å²) in [7, 11) is -3.63. The highest BCUT2D eigenvalue weighted by Crippen LogP contribution is 2.30. The van der Waals surface area contributed by atoms with Crippen LogP contribution in [0.5, 0.6) is 11.5 Å². The van der Waals surface area contributed by atoms with Crippen LogP contribution in [-0.4, -0.2) is 68.3 Å². The third-order valence-electron chi connectivity index (χ3n) is 7.95. The molecule has 1 amide bonds. The molecule has 0 aliphatic carbocycles. The molecule has 4 heterocycles. The van der Waals surface area contributed by atoms with Crippen molar-refractivity contribution in [3.05, 3.63) is 78.8 Å². The van der Waals surface area contributed by atoms with Gasteiger partial charge in [-0.2, -0.15) is 4.31 Å². The van der Waals surface area contributed by atoms with Crippen molar-refractivity contribution in [1.29, 1.82) is 0 Å². The molecular weight excluding hydrogens is 613 g/mol. The van der Waals surface area contributed by atoms with E-state index in [1.165, 1.54) is 34.9 Å². The van der Waals surface area contributed by atoms with Crippen LogP contribution in [0.4, 0.5) is 18.9 Å². The van der Waals surface area contributed by atoms with Gasteiger partial charge in [0.1, 0.15) is 28.1 Å². The lowest BCUT2D eigenvalue weighted by Gasteiger charge is -2.33. The van der Waals surface area contributed by atoms with Gasteiger partial charge in [0.05, 0.1) is 0 Å². The number of amides is 1. The number of fused-ring (bicyclic) bond motifs is 1. The largest absolute Gasteiger partial charge is 0.573 e. The summed E-state index contributed by atoms with van der Waals surface area (Å²) in [5.74, 6) is 0.181. The lowest BCUT2D eigenvalue weighted by Crippen LogP contribution is -2.46. The second kappa shape index (κ2) is 12.6. The minimum atomic E-state index is -4.72. The maximum absolute atomic E-state index is 13.0. The smallest absolute Gasteiger partial charge is 0.490 e. The van der Waals surface area contributed by atoms with Crippen molar-refractivity contribution in [2.24, 2.45) is 0 Å². The second-order valence-electron chi connectivity index (χ2n) is 11.0. The molecule has 238 valence electrons. The number of pyridine rings is 1. The number of sulfonamides is 1. The second-order valence-corrected chi connectivity index (χ2v) is 12.9. The van der Waals surface area contributed by atoms with Gasteiger partial charge in [-0.15, -0.1) is 13.2 Å². The Hall–Kier alpha value is -4.30. The van der Waals surface area contributed by atoms with E-state index in [1.54, 1.807) is 36.4 Å². The number of piperidine rings is 2. The number of nitrogens with zero attached hydrogens (tertiary/aromatic N) is 3. The number of halogens is 3. The first kappa shape index (κ1) is 30.7. The summed E-state index contributed by atoms with van der Waals surface area (Å²) in [6.45, 7) is 1.92. The molecule has 4 aromatic rings. The summed E-state index contributed by atoms with van der Waals surface area (Å²) in [6, 6.07) is 15.8. The van der Waals surface area contributed by atoms with Crippen molar-refractivity contribution < 1.29 is 40.3 Å². The number of ether oxygens (including phenoxy) is 2. The molecule has 2 aliphatic heterocycles. The van der Waals surface area contributed by atoms with Crippen molar-refractivity contribution >= 4 is 32.6 Å². The predicted molar refractivity (Wildman–Crippen MR) is 159 cm³/mol. The van der Waals surface area contributed by atoms with Gasteiger partial charge in [0, 0.05) is 68.5 Å². The monoisotopic (exact) mass is 644 g/mol. The van der Waals surface area contributed by atoms with E-state index in [0.29, 0.717) is 42.6 Å². The van der Waals surface area contributed by atoms with Gasteiger partial charge in [-0.05, 0) is 73.5 Å². The molecule has 0 radical (unpaired) electrons. The third-order valence-corrected chi connectivity index (χ3v) is 9.84. The van der Waals surface area contributed by atoms with Crippen molar-refractivity contribution in [1.82, 2.24) is 14.6 Å². The Morgan fingerprint density at radius 1 is 0.933 bits per heavy atom. The average Bonchev–Trinajstić information content (AvgIpc) is 3.46. The van der Waals surface area contributed by atoms with E-state index >= 15 is 0 Å². The normalized spacial score (nSPS) is 17.4. The summed E-state index contributed by atoms with van der Waals surface area (Å²) in [5, 5.41) is 3.68. The van der Waals surface area contributed by atoms with Crippen LogP contribution in [0.2, 0.25) is 0 Å². The number of carbonyl (C=O) groups is 1. The number of hydrogen-bond acceptors (Lipinski definition) is 8. The first-order chi connectivity index (χ1) is 21.5. The van der Waals surface area contributed by atoms with Crippen molar-refractivity contribution in [3.8, 4) is 11.5 Å². The Labute approximate surface area is 257 Å². The van der Waals surface area contributed by atoms with Gasteiger partial charge < -0.3 is 24.1 Å². The van der Waals surface area contributed by atoms with Crippen LogP contribution in [-0.2, 0) is 10.0 Å². The molecule has 2 saturated heterocycles. The van der Waals surface area contributed by atoms with E-state index in [1.807, 2.05) is 6.07 Å². The van der Waals surface area contributed by atoms with Crippen LogP contribution >= 0.6 is 0 Å². The number of benzene rings is 2. The average molecular weight is 645 g/mol. The number of aromatic nitrogens is 1. The Kier molecular flexibility index (Phi) is 8.60. The zero-order chi connectivity index (χ0) is 31.6. The maximum atomic E-state index is 13.0. The first-order valence-electron chi connectivity index (χ1n) is 14.6. The van der Waals surface area contributed by atoms with E-state index in [0.717, 1.165) is 18.5 Å². The van der Waals surface area contributed by atoms with E-state index in [-0.39, 0.29) is 47.5 Å². The van der Waals surface area contributed by atoms with E-state index in [9.17, 15) is 26.4 Å². The Morgan fingerprint density at radius 2 is 1.64 bits per heavy atom. The lowest BCUT2D eigenvalue weighted by molar-refractivity contribution is -0.274. The first-order valence-corrected chi connectivity index (χ1v) is 16.0. The highest BCUT2D eigenvalue weighted by molar-refractivity contribution is 7.89. The maximum Gasteiger partial charge on any atom is 0.573 e. The minimum absolute atomic E-state index is 0.0472. The Morgan fingerprint density at radius 3 is 2.31 bits per heavy atom. The number of nitrogens with one attached hydrogen (secondary N) is 1. The van der Waals surface area contributed by atoms with Gasteiger partial charge in [-0.1, -0.05) is 0 Å². The van der Waals surface area contributed by atoms with Crippen LogP contribution in [0.3, 0.4) is 0 Å². The molecule has 0 spiro atoms. The fraction of sp³-hybridized carbons (Fsp3) is 0.355. The van der Waals surface area contributed by atoms with Crippen molar-refractivity contribution in [2.75, 3.05) is 31.1 Å².